The molecule has 0 aliphatic heterocycles. The van der Waals surface area contributed by atoms with Crippen molar-refractivity contribution in [2.24, 2.45) is 11.8 Å². The van der Waals surface area contributed by atoms with E-state index in [4.69, 9.17) is 16.1 Å². The van der Waals surface area contributed by atoms with Gasteiger partial charge in [-0.1, -0.05) is 30.6 Å². The van der Waals surface area contributed by atoms with Gasteiger partial charge >= 0.3 is 5.97 Å². The lowest BCUT2D eigenvalue weighted by Crippen LogP contribution is -2.24. The zero-order valence-electron chi connectivity index (χ0n) is 18.9. The van der Waals surface area contributed by atoms with Crippen molar-refractivity contribution in [2.45, 2.75) is 76.5 Å². The number of carboxylic acids is 1. The molecule has 1 aromatic carbocycles. The largest absolute Gasteiger partial charge is 0.481 e. The summed E-state index contributed by atoms with van der Waals surface area (Å²) in [5.41, 5.74) is 1.91. The first-order chi connectivity index (χ1) is 15.7. The van der Waals surface area contributed by atoms with Crippen LogP contribution in [0, 0.1) is 17.7 Å². The molecule has 0 bridgehead atoms. The van der Waals surface area contributed by atoms with E-state index >= 15 is 0 Å². The van der Waals surface area contributed by atoms with E-state index < -0.39 is 23.6 Å². The number of aromatic nitrogens is 1. The minimum atomic E-state index is -1.00. The molecule has 2 N–H and O–H groups in total. The Labute approximate surface area is 197 Å². The van der Waals surface area contributed by atoms with Crippen molar-refractivity contribution in [3.8, 4) is 0 Å². The smallest absolute Gasteiger partial charge is 0.304 e. The fraction of sp³-hybridized carbons (Fsp3) is 0.560. The predicted octanol–water partition coefficient (Wildman–Crippen LogP) is 6.47. The monoisotopic (exact) mass is 476 g/mol. The number of carboxylic acid groups (broad SMARTS) is 1. The van der Waals surface area contributed by atoms with Crippen LogP contribution in [0.4, 0.5) is 10.1 Å². The fourth-order valence-electron chi connectivity index (χ4n) is 5.00. The molecule has 2 aliphatic carbocycles. The number of benzene rings is 1. The van der Waals surface area contributed by atoms with E-state index in [0.29, 0.717) is 29.4 Å². The topological polar surface area (TPSA) is 92.4 Å². The number of amides is 1. The maximum atomic E-state index is 13.3. The molecule has 2 aliphatic rings. The van der Waals surface area contributed by atoms with Gasteiger partial charge in [0.2, 0.25) is 5.91 Å². The van der Waals surface area contributed by atoms with E-state index in [1.807, 2.05) is 0 Å². The molecule has 1 aromatic heterocycles. The lowest BCUT2D eigenvalue weighted by atomic mass is 9.69. The van der Waals surface area contributed by atoms with E-state index in [-0.39, 0.29) is 23.6 Å². The SMILES string of the molecule is CC(C)CC1CC(c2onc([C@@H](CC(=O)O)CC(=O)Nc3ccc(F)cc3Cl)c2C2CC2)C1. The third kappa shape index (κ3) is 5.75. The lowest BCUT2D eigenvalue weighted by Gasteiger charge is -2.35. The molecule has 33 heavy (non-hydrogen) atoms. The Kier molecular flexibility index (Phi) is 7.07. The maximum absolute atomic E-state index is 13.3. The molecule has 1 amide bonds. The number of anilines is 1. The van der Waals surface area contributed by atoms with Gasteiger partial charge in [-0.15, -0.1) is 0 Å². The van der Waals surface area contributed by atoms with Crippen molar-refractivity contribution < 1.29 is 23.6 Å². The molecule has 1 atom stereocenters. The Morgan fingerprint density at radius 2 is 1.97 bits per heavy atom. The number of nitrogens with one attached hydrogen (secondary N) is 1. The number of hydrogen-bond donors (Lipinski definition) is 2. The highest BCUT2D eigenvalue weighted by atomic mass is 35.5. The molecule has 1 heterocycles. The standard InChI is InChI=1S/C25H30ClFN2O4/c1-13(2)7-14-8-17(9-14)25-23(15-3-4-15)24(29-33-25)16(11-22(31)32)10-21(30)28-20-6-5-18(27)12-19(20)26/h5-6,12-17H,3-4,7-11H2,1-2H3,(H,28,30)(H,31,32)/t14?,16-,17?/m1/s1. The first kappa shape index (κ1) is 23.7. The average Bonchev–Trinajstić information content (AvgIpc) is 3.44. The van der Waals surface area contributed by atoms with Crippen LogP contribution in [-0.4, -0.2) is 22.1 Å². The van der Waals surface area contributed by atoms with E-state index in [9.17, 15) is 19.1 Å². The molecule has 6 nitrogen and oxygen atoms in total. The molecule has 0 unspecified atom stereocenters. The molecular weight excluding hydrogens is 447 g/mol. The first-order valence-corrected chi connectivity index (χ1v) is 12.0. The Hall–Kier alpha value is -2.41. The van der Waals surface area contributed by atoms with Crippen molar-refractivity contribution in [3.05, 3.63) is 46.1 Å². The van der Waals surface area contributed by atoms with Gasteiger partial charge in [0.05, 0.1) is 22.8 Å². The van der Waals surface area contributed by atoms with Crippen LogP contribution in [-0.2, 0) is 9.59 Å². The zero-order chi connectivity index (χ0) is 23.7. The summed E-state index contributed by atoms with van der Waals surface area (Å²) < 4.78 is 19.1. The highest BCUT2D eigenvalue weighted by Gasteiger charge is 2.42. The molecule has 0 radical (unpaired) electrons. The van der Waals surface area contributed by atoms with Gasteiger partial charge in [0.15, 0.2) is 0 Å². The number of rotatable bonds is 10. The summed E-state index contributed by atoms with van der Waals surface area (Å²) >= 11 is 6.01. The Bertz CT molecular complexity index is 1030. The normalized spacial score (nSPS) is 21.0. The van der Waals surface area contributed by atoms with Crippen LogP contribution in [0.2, 0.25) is 5.02 Å². The van der Waals surface area contributed by atoms with Gasteiger partial charge in [-0.2, -0.15) is 0 Å². The van der Waals surface area contributed by atoms with Gasteiger partial charge in [-0.3, -0.25) is 9.59 Å². The molecule has 0 spiro atoms. The van der Waals surface area contributed by atoms with Crippen molar-refractivity contribution in [3.63, 3.8) is 0 Å². The molecule has 2 aromatic rings. The van der Waals surface area contributed by atoms with Gasteiger partial charge in [0.1, 0.15) is 11.6 Å². The lowest BCUT2D eigenvalue weighted by molar-refractivity contribution is -0.137. The highest BCUT2D eigenvalue weighted by molar-refractivity contribution is 6.33. The molecular formula is C25H30ClFN2O4. The summed E-state index contributed by atoms with van der Waals surface area (Å²) in [6.45, 7) is 4.46. The molecule has 2 saturated carbocycles. The summed E-state index contributed by atoms with van der Waals surface area (Å²) in [6, 6.07) is 3.71. The minimum absolute atomic E-state index is 0.0770. The van der Waals surface area contributed by atoms with Crippen molar-refractivity contribution in [2.75, 3.05) is 5.32 Å². The number of halogens is 2. The van der Waals surface area contributed by atoms with Gasteiger partial charge in [-0.05, 0) is 68.1 Å². The first-order valence-electron chi connectivity index (χ1n) is 11.7. The maximum Gasteiger partial charge on any atom is 0.304 e. The zero-order valence-corrected chi connectivity index (χ0v) is 19.7. The van der Waals surface area contributed by atoms with Gasteiger partial charge < -0.3 is 14.9 Å². The van der Waals surface area contributed by atoms with Crippen LogP contribution < -0.4 is 5.32 Å². The number of aliphatic carboxylic acids is 1. The quantitative estimate of drug-likeness (QED) is 0.410. The van der Waals surface area contributed by atoms with Crippen LogP contribution in [0.3, 0.4) is 0 Å². The molecule has 2 fully saturated rings. The summed E-state index contributed by atoms with van der Waals surface area (Å²) in [5, 5.41) is 16.6. The minimum Gasteiger partial charge on any atom is -0.481 e. The van der Waals surface area contributed by atoms with Crippen molar-refractivity contribution >= 4 is 29.2 Å². The molecule has 8 heteroatoms. The second kappa shape index (κ2) is 9.84. The average molecular weight is 477 g/mol. The van der Waals surface area contributed by atoms with E-state index in [1.165, 1.54) is 18.6 Å². The van der Waals surface area contributed by atoms with Gasteiger partial charge in [0.25, 0.3) is 0 Å². The predicted molar refractivity (Wildman–Crippen MR) is 123 cm³/mol. The van der Waals surface area contributed by atoms with Crippen LogP contribution in [0.15, 0.2) is 22.7 Å². The molecule has 178 valence electrons. The van der Waals surface area contributed by atoms with Crippen molar-refractivity contribution in [1.29, 1.82) is 0 Å². The number of hydrogen-bond acceptors (Lipinski definition) is 4. The Balaban J connectivity index is 1.52. The highest BCUT2D eigenvalue weighted by Crippen LogP contribution is 2.52. The van der Waals surface area contributed by atoms with Crippen LogP contribution >= 0.6 is 11.6 Å². The number of nitrogens with zero attached hydrogens (tertiary/aromatic N) is 1. The van der Waals surface area contributed by atoms with Gasteiger partial charge in [0, 0.05) is 23.8 Å². The fourth-order valence-corrected chi connectivity index (χ4v) is 5.21. The van der Waals surface area contributed by atoms with Crippen LogP contribution in [0.25, 0.3) is 0 Å². The second-order valence-electron chi connectivity index (χ2n) is 9.96. The summed E-state index contributed by atoms with van der Waals surface area (Å²) in [5.74, 6) is 0.387. The summed E-state index contributed by atoms with van der Waals surface area (Å²) in [4.78, 5) is 24.4. The number of carbonyl (C=O) groups is 2. The Morgan fingerprint density at radius 3 is 2.58 bits per heavy atom. The van der Waals surface area contributed by atoms with E-state index in [2.05, 4.69) is 24.3 Å². The summed E-state index contributed by atoms with van der Waals surface area (Å²) in [6.07, 6.45) is 5.09. The third-order valence-electron chi connectivity index (χ3n) is 6.63. The number of carbonyl (C=O) groups excluding carboxylic acids is 1. The van der Waals surface area contributed by atoms with E-state index in [1.54, 1.807) is 0 Å². The molecule has 0 saturated heterocycles. The van der Waals surface area contributed by atoms with Gasteiger partial charge in [-0.25, -0.2) is 4.39 Å². The van der Waals surface area contributed by atoms with Crippen molar-refractivity contribution in [1.82, 2.24) is 5.16 Å². The van der Waals surface area contributed by atoms with Crippen LogP contribution in [0.5, 0.6) is 0 Å². The third-order valence-corrected chi connectivity index (χ3v) is 6.94. The Morgan fingerprint density at radius 1 is 1.24 bits per heavy atom. The molecule has 4 rings (SSSR count). The van der Waals surface area contributed by atoms with Crippen LogP contribution in [0.1, 0.15) is 93.6 Å². The summed E-state index contributed by atoms with van der Waals surface area (Å²) in [7, 11) is 0. The van der Waals surface area contributed by atoms with E-state index in [0.717, 1.165) is 43.1 Å². The second-order valence-corrected chi connectivity index (χ2v) is 10.4.